The van der Waals surface area contributed by atoms with Crippen LogP contribution in [0.1, 0.15) is 15.2 Å². The fraction of sp³-hybridized carbons (Fsp3) is 0.0625. The summed E-state index contributed by atoms with van der Waals surface area (Å²) in [6.45, 7) is 1.90. The zero-order valence-corrected chi connectivity index (χ0v) is 13.3. The molecule has 0 bridgehead atoms. The minimum absolute atomic E-state index is 0.226. The molecule has 4 nitrogen and oxygen atoms in total. The van der Waals surface area contributed by atoms with E-state index in [-0.39, 0.29) is 5.91 Å². The number of hydrogen-bond acceptors (Lipinski definition) is 4. The SMILES string of the molecule is Cc1cccc(Cl)c1NC(=O)c1cnc(-c2ccccn2)s1. The van der Waals surface area contributed by atoms with Gasteiger partial charge >= 0.3 is 0 Å². The summed E-state index contributed by atoms with van der Waals surface area (Å²) in [5.41, 5.74) is 2.29. The predicted octanol–water partition coefficient (Wildman–Crippen LogP) is 4.42. The molecule has 2 heterocycles. The lowest BCUT2D eigenvalue weighted by molar-refractivity contribution is 0.103. The van der Waals surface area contributed by atoms with Gasteiger partial charge < -0.3 is 5.32 Å². The molecule has 1 N–H and O–H groups in total. The van der Waals surface area contributed by atoms with Gasteiger partial charge in [0.2, 0.25) is 0 Å². The molecule has 110 valence electrons. The third-order valence-electron chi connectivity index (χ3n) is 3.07. The Morgan fingerprint density at radius 3 is 2.77 bits per heavy atom. The molecule has 1 amide bonds. The number of thiazole rings is 1. The molecule has 0 spiro atoms. The minimum atomic E-state index is -0.226. The summed E-state index contributed by atoms with van der Waals surface area (Å²) in [6, 6.07) is 11.1. The lowest BCUT2D eigenvalue weighted by Gasteiger charge is -2.08. The molecule has 0 aliphatic heterocycles. The van der Waals surface area contributed by atoms with Crippen LogP contribution in [0.15, 0.2) is 48.8 Å². The minimum Gasteiger partial charge on any atom is -0.320 e. The van der Waals surface area contributed by atoms with E-state index in [1.54, 1.807) is 18.5 Å². The van der Waals surface area contributed by atoms with Crippen LogP contribution in [0.3, 0.4) is 0 Å². The number of aryl methyl sites for hydroxylation is 1. The summed E-state index contributed by atoms with van der Waals surface area (Å²) in [4.78, 5) is 21.3. The highest BCUT2D eigenvalue weighted by Crippen LogP contribution is 2.28. The molecule has 0 fully saturated rings. The van der Waals surface area contributed by atoms with Crippen LogP contribution in [0.2, 0.25) is 5.02 Å². The first kappa shape index (κ1) is 14.7. The normalized spacial score (nSPS) is 10.5. The fourth-order valence-electron chi connectivity index (χ4n) is 1.95. The van der Waals surface area contributed by atoms with E-state index in [9.17, 15) is 4.79 Å². The summed E-state index contributed by atoms with van der Waals surface area (Å²) in [7, 11) is 0. The first-order chi connectivity index (χ1) is 10.6. The zero-order valence-electron chi connectivity index (χ0n) is 11.7. The number of carbonyl (C=O) groups excluding carboxylic acids is 1. The second-order valence-corrected chi connectivity index (χ2v) is 6.07. The number of anilines is 1. The van der Waals surface area contributed by atoms with Crippen LogP contribution in [0.5, 0.6) is 0 Å². The molecule has 3 rings (SSSR count). The Labute approximate surface area is 136 Å². The van der Waals surface area contributed by atoms with E-state index >= 15 is 0 Å². The molecule has 3 aromatic rings. The van der Waals surface area contributed by atoms with Gasteiger partial charge in [0.15, 0.2) is 0 Å². The average molecular weight is 330 g/mol. The first-order valence-corrected chi connectivity index (χ1v) is 7.78. The van der Waals surface area contributed by atoms with E-state index in [0.29, 0.717) is 20.6 Å². The monoisotopic (exact) mass is 329 g/mol. The summed E-state index contributed by atoms with van der Waals surface area (Å²) in [6.07, 6.45) is 3.25. The number of benzene rings is 1. The van der Waals surface area contributed by atoms with Gasteiger partial charge in [-0.05, 0) is 30.7 Å². The van der Waals surface area contributed by atoms with Gasteiger partial charge in [-0.2, -0.15) is 0 Å². The quantitative estimate of drug-likeness (QED) is 0.774. The van der Waals surface area contributed by atoms with Gasteiger partial charge in [0.25, 0.3) is 5.91 Å². The number of amides is 1. The number of carbonyl (C=O) groups is 1. The smallest absolute Gasteiger partial charge is 0.267 e. The van der Waals surface area contributed by atoms with Crippen LogP contribution >= 0.6 is 22.9 Å². The Hall–Kier alpha value is -2.24. The van der Waals surface area contributed by atoms with Crippen LogP contribution in [0, 0.1) is 6.92 Å². The predicted molar refractivity (Wildman–Crippen MR) is 89.5 cm³/mol. The summed E-state index contributed by atoms with van der Waals surface area (Å²) < 4.78 is 0. The molecular formula is C16H12ClN3OS. The Morgan fingerprint density at radius 1 is 1.18 bits per heavy atom. The van der Waals surface area contributed by atoms with E-state index in [1.807, 2.05) is 37.3 Å². The van der Waals surface area contributed by atoms with Gasteiger partial charge in [0.05, 0.1) is 22.6 Å². The van der Waals surface area contributed by atoms with Crippen LogP contribution in [0.25, 0.3) is 10.7 Å². The van der Waals surface area contributed by atoms with Gasteiger partial charge in [-0.15, -0.1) is 11.3 Å². The molecule has 0 saturated heterocycles. The van der Waals surface area contributed by atoms with Crippen LogP contribution in [0.4, 0.5) is 5.69 Å². The number of rotatable bonds is 3. The Morgan fingerprint density at radius 2 is 2.05 bits per heavy atom. The molecule has 2 aromatic heterocycles. The third kappa shape index (κ3) is 3.00. The summed E-state index contributed by atoms with van der Waals surface area (Å²) in [5.74, 6) is -0.226. The van der Waals surface area contributed by atoms with Crippen molar-refractivity contribution in [2.24, 2.45) is 0 Å². The summed E-state index contributed by atoms with van der Waals surface area (Å²) >= 11 is 7.42. The van der Waals surface area contributed by atoms with Crippen molar-refractivity contribution in [3.8, 4) is 10.7 Å². The molecule has 6 heteroatoms. The van der Waals surface area contributed by atoms with Crippen molar-refractivity contribution in [3.05, 3.63) is 64.3 Å². The van der Waals surface area contributed by atoms with Crippen molar-refractivity contribution in [2.45, 2.75) is 6.92 Å². The van der Waals surface area contributed by atoms with Crippen molar-refractivity contribution in [2.75, 3.05) is 5.32 Å². The maximum absolute atomic E-state index is 12.3. The van der Waals surface area contributed by atoms with Crippen LogP contribution in [-0.2, 0) is 0 Å². The number of para-hydroxylation sites is 1. The highest BCUT2D eigenvalue weighted by atomic mass is 35.5. The van der Waals surface area contributed by atoms with Crippen molar-refractivity contribution in [1.29, 1.82) is 0 Å². The standard InChI is InChI=1S/C16H12ClN3OS/c1-10-5-4-6-11(17)14(10)20-15(21)13-9-19-16(22-13)12-7-2-3-8-18-12/h2-9H,1H3,(H,20,21). The highest BCUT2D eigenvalue weighted by molar-refractivity contribution is 7.17. The van der Waals surface area contributed by atoms with Crippen molar-refractivity contribution in [1.82, 2.24) is 9.97 Å². The molecule has 22 heavy (non-hydrogen) atoms. The number of pyridine rings is 1. The van der Waals surface area contributed by atoms with E-state index in [4.69, 9.17) is 11.6 Å². The molecular weight excluding hydrogens is 318 g/mol. The van der Waals surface area contributed by atoms with E-state index in [2.05, 4.69) is 15.3 Å². The zero-order chi connectivity index (χ0) is 15.5. The number of aromatic nitrogens is 2. The van der Waals surface area contributed by atoms with Crippen molar-refractivity contribution >= 4 is 34.5 Å². The lowest BCUT2D eigenvalue weighted by atomic mass is 10.2. The molecule has 0 atom stereocenters. The van der Waals surface area contributed by atoms with Crippen molar-refractivity contribution in [3.63, 3.8) is 0 Å². The van der Waals surface area contributed by atoms with Gasteiger partial charge in [-0.3, -0.25) is 9.78 Å². The molecule has 0 unspecified atom stereocenters. The molecule has 0 aliphatic rings. The molecule has 0 aliphatic carbocycles. The molecule has 0 radical (unpaired) electrons. The lowest BCUT2D eigenvalue weighted by Crippen LogP contribution is -2.11. The Balaban J connectivity index is 1.83. The Kier molecular flexibility index (Phi) is 4.18. The summed E-state index contributed by atoms with van der Waals surface area (Å²) in [5, 5.41) is 4.07. The second kappa shape index (κ2) is 6.25. The van der Waals surface area contributed by atoms with Gasteiger partial charge in [0.1, 0.15) is 9.88 Å². The van der Waals surface area contributed by atoms with E-state index in [1.165, 1.54) is 11.3 Å². The largest absolute Gasteiger partial charge is 0.320 e. The van der Waals surface area contributed by atoms with Gasteiger partial charge in [-0.25, -0.2) is 4.98 Å². The van der Waals surface area contributed by atoms with Gasteiger partial charge in [-0.1, -0.05) is 29.8 Å². The third-order valence-corrected chi connectivity index (χ3v) is 4.41. The number of nitrogens with zero attached hydrogens (tertiary/aromatic N) is 2. The fourth-order valence-corrected chi connectivity index (χ4v) is 3.01. The maximum atomic E-state index is 12.3. The molecule has 1 aromatic carbocycles. The van der Waals surface area contributed by atoms with Gasteiger partial charge in [0, 0.05) is 6.20 Å². The average Bonchev–Trinajstić information content (AvgIpc) is 3.02. The number of halogens is 1. The van der Waals surface area contributed by atoms with E-state index < -0.39 is 0 Å². The van der Waals surface area contributed by atoms with Crippen LogP contribution < -0.4 is 5.32 Å². The van der Waals surface area contributed by atoms with E-state index in [0.717, 1.165) is 11.3 Å². The van der Waals surface area contributed by atoms with Crippen molar-refractivity contribution < 1.29 is 4.79 Å². The number of nitrogens with one attached hydrogen (secondary N) is 1. The topological polar surface area (TPSA) is 54.9 Å². The van der Waals surface area contributed by atoms with Crippen LogP contribution in [-0.4, -0.2) is 15.9 Å². The Bertz CT molecular complexity index is 797. The first-order valence-electron chi connectivity index (χ1n) is 6.59. The molecule has 0 saturated carbocycles. The highest BCUT2D eigenvalue weighted by Gasteiger charge is 2.14. The number of hydrogen-bond donors (Lipinski definition) is 1. The second-order valence-electron chi connectivity index (χ2n) is 4.63. The maximum Gasteiger partial charge on any atom is 0.267 e.